The number of nitrogens with zero attached hydrogens (tertiary/aromatic N) is 2. The summed E-state index contributed by atoms with van der Waals surface area (Å²) in [6.45, 7) is 7.62. The van der Waals surface area contributed by atoms with E-state index in [0.717, 1.165) is 67.0 Å². The first-order chi connectivity index (χ1) is 13.3. The lowest BCUT2D eigenvalue weighted by Gasteiger charge is -2.28. The molecule has 2 aliphatic heterocycles. The summed E-state index contributed by atoms with van der Waals surface area (Å²) >= 11 is 0. The summed E-state index contributed by atoms with van der Waals surface area (Å²) in [7, 11) is 0. The Bertz CT molecular complexity index is 928. The highest BCUT2D eigenvalue weighted by atomic mass is 16.5. The van der Waals surface area contributed by atoms with Crippen LogP contribution in [0.4, 0.5) is 5.69 Å². The molecule has 0 radical (unpaired) electrons. The molecule has 0 amide bonds. The van der Waals surface area contributed by atoms with Crippen molar-refractivity contribution < 1.29 is 13.9 Å². The lowest BCUT2D eigenvalue weighted by molar-refractivity contribution is 0.122. The number of benzene rings is 2. The van der Waals surface area contributed by atoms with Gasteiger partial charge in [-0.25, -0.2) is 0 Å². The largest absolute Gasteiger partial charge is 0.456 e. The molecule has 0 unspecified atom stereocenters. The number of hydrogen-bond donors (Lipinski definition) is 0. The number of hydrogen-bond acceptors (Lipinski definition) is 5. The number of anilines is 1. The molecule has 0 bridgehead atoms. The van der Waals surface area contributed by atoms with E-state index in [-0.39, 0.29) is 0 Å². The van der Waals surface area contributed by atoms with Crippen LogP contribution >= 0.6 is 0 Å². The van der Waals surface area contributed by atoms with E-state index < -0.39 is 0 Å². The van der Waals surface area contributed by atoms with E-state index in [1.165, 1.54) is 5.69 Å². The van der Waals surface area contributed by atoms with Gasteiger partial charge in [0.1, 0.15) is 11.3 Å². The minimum absolute atomic E-state index is 0.656. The fourth-order valence-corrected chi connectivity index (χ4v) is 3.35. The highest BCUT2D eigenvalue weighted by Crippen LogP contribution is 2.30. The zero-order valence-electron chi connectivity index (χ0n) is 15.8. The maximum atomic E-state index is 6.21. The second kappa shape index (κ2) is 8.55. The number of rotatable bonds is 6. The molecule has 5 nitrogen and oxygen atoms in total. The minimum Gasteiger partial charge on any atom is -0.456 e. The predicted molar refractivity (Wildman–Crippen MR) is 107 cm³/mol. The zero-order chi connectivity index (χ0) is 18.5. The maximum Gasteiger partial charge on any atom is 0.136 e. The molecule has 1 fully saturated rings. The van der Waals surface area contributed by atoms with Crippen LogP contribution < -0.4 is 10.3 Å². The molecule has 0 saturated carbocycles. The highest BCUT2D eigenvalue weighted by Gasteiger charge is 2.13. The Hall–Kier alpha value is -2.37. The molecule has 0 atom stereocenters. The summed E-state index contributed by atoms with van der Waals surface area (Å²) in [6, 6.07) is 14.7. The van der Waals surface area contributed by atoms with Gasteiger partial charge in [0, 0.05) is 48.5 Å². The average Bonchev–Trinajstić information content (AvgIpc) is 2.72. The van der Waals surface area contributed by atoms with Crippen molar-refractivity contribution in [3.8, 4) is 11.3 Å². The van der Waals surface area contributed by atoms with Crippen LogP contribution in [0, 0.1) is 0 Å². The van der Waals surface area contributed by atoms with Crippen molar-refractivity contribution in [3.63, 3.8) is 0 Å². The SMILES string of the molecule is CCCOCC/N=c1/ccc2cc3ccc(N4CCOCC4)cc3oc-2c1. The van der Waals surface area contributed by atoms with Crippen LogP contribution in [0.2, 0.25) is 0 Å². The van der Waals surface area contributed by atoms with Gasteiger partial charge in [-0.2, -0.15) is 0 Å². The Labute approximate surface area is 159 Å². The molecule has 4 rings (SSSR count). The monoisotopic (exact) mass is 366 g/mol. The van der Waals surface area contributed by atoms with Gasteiger partial charge < -0.3 is 18.8 Å². The van der Waals surface area contributed by atoms with E-state index in [1.807, 2.05) is 12.1 Å². The summed E-state index contributed by atoms with van der Waals surface area (Å²) in [5, 5.41) is 2.03. The van der Waals surface area contributed by atoms with Gasteiger partial charge >= 0.3 is 0 Å². The van der Waals surface area contributed by atoms with Crippen molar-refractivity contribution in [2.24, 2.45) is 4.99 Å². The van der Waals surface area contributed by atoms with Crippen molar-refractivity contribution in [3.05, 3.63) is 47.8 Å². The fraction of sp³-hybridized carbons (Fsp3) is 0.409. The maximum absolute atomic E-state index is 6.21. The molecule has 1 aromatic carbocycles. The van der Waals surface area contributed by atoms with Gasteiger partial charge in [-0.1, -0.05) is 6.92 Å². The molecule has 1 aliphatic carbocycles. The first kappa shape index (κ1) is 18.0. The summed E-state index contributed by atoms with van der Waals surface area (Å²) in [6.07, 6.45) is 1.04. The Morgan fingerprint density at radius 2 is 1.93 bits per heavy atom. The molecule has 3 aliphatic rings. The fourth-order valence-electron chi connectivity index (χ4n) is 3.35. The lowest BCUT2D eigenvalue weighted by atomic mass is 10.1. The van der Waals surface area contributed by atoms with Gasteiger partial charge in [-0.05, 0) is 36.8 Å². The molecule has 0 N–H and O–H groups in total. The van der Waals surface area contributed by atoms with E-state index in [9.17, 15) is 0 Å². The van der Waals surface area contributed by atoms with Crippen LogP contribution in [0.1, 0.15) is 13.3 Å². The third kappa shape index (κ3) is 4.31. The molecule has 1 saturated heterocycles. The van der Waals surface area contributed by atoms with E-state index in [2.05, 4.69) is 47.1 Å². The molecular weight excluding hydrogens is 340 g/mol. The van der Waals surface area contributed by atoms with Crippen molar-refractivity contribution in [2.75, 3.05) is 51.0 Å². The third-order valence-electron chi connectivity index (χ3n) is 4.78. The Morgan fingerprint density at radius 1 is 1.04 bits per heavy atom. The molecule has 27 heavy (non-hydrogen) atoms. The predicted octanol–water partition coefficient (Wildman–Crippen LogP) is 3.70. The van der Waals surface area contributed by atoms with Crippen LogP contribution in [-0.4, -0.2) is 46.1 Å². The summed E-state index contributed by atoms with van der Waals surface area (Å²) in [5.41, 5.74) is 3.17. The standard InChI is InChI=1S/C22H26N2O3/c1-2-10-25-11-7-23-19-5-3-17-14-18-4-6-20(24-8-12-26-13-9-24)16-22(18)27-21(17)15-19/h3-6,14-16H,2,7-13H2,1H3/b23-19-. The first-order valence-corrected chi connectivity index (χ1v) is 9.72. The summed E-state index contributed by atoms with van der Waals surface area (Å²) in [4.78, 5) is 6.93. The van der Waals surface area contributed by atoms with Crippen LogP contribution in [0.3, 0.4) is 0 Å². The van der Waals surface area contributed by atoms with Gasteiger partial charge in [0.25, 0.3) is 0 Å². The molecule has 142 valence electrons. The van der Waals surface area contributed by atoms with Gasteiger partial charge in [-0.15, -0.1) is 0 Å². The molecule has 0 aromatic heterocycles. The van der Waals surface area contributed by atoms with Gasteiger partial charge in [-0.3, -0.25) is 4.99 Å². The quantitative estimate of drug-likeness (QED) is 0.493. The smallest absolute Gasteiger partial charge is 0.136 e. The van der Waals surface area contributed by atoms with Crippen LogP contribution in [0.25, 0.3) is 22.3 Å². The van der Waals surface area contributed by atoms with E-state index >= 15 is 0 Å². The van der Waals surface area contributed by atoms with Crippen molar-refractivity contribution >= 4 is 16.7 Å². The van der Waals surface area contributed by atoms with Gasteiger partial charge in [0.2, 0.25) is 0 Å². The number of morpholine rings is 1. The van der Waals surface area contributed by atoms with Gasteiger partial charge in [0.15, 0.2) is 0 Å². The second-order valence-electron chi connectivity index (χ2n) is 6.78. The molecule has 5 heteroatoms. The van der Waals surface area contributed by atoms with E-state index in [0.29, 0.717) is 13.2 Å². The Morgan fingerprint density at radius 3 is 2.78 bits per heavy atom. The Kier molecular flexibility index (Phi) is 5.70. The lowest BCUT2D eigenvalue weighted by Crippen LogP contribution is -2.36. The molecular formula is C22H26N2O3. The highest BCUT2D eigenvalue weighted by molar-refractivity contribution is 5.85. The van der Waals surface area contributed by atoms with E-state index in [1.54, 1.807) is 0 Å². The van der Waals surface area contributed by atoms with Crippen molar-refractivity contribution in [1.82, 2.24) is 0 Å². The first-order valence-electron chi connectivity index (χ1n) is 9.72. The number of ether oxygens (including phenoxy) is 2. The van der Waals surface area contributed by atoms with Crippen molar-refractivity contribution in [2.45, 2.75) is 13.3 Å². The Balaban J connectivity index is 1.61. The van der Waals surface area contributed by atoms with E-state index in [4.69, 9.17) is 13.9 Å². The molecule has 1 aromatic rings. The molecule has 2 heterocycles. The zero-order valence-corrected chi connectivity index (χ0v) is 15.8. The van der Waals surface area contributed by atoms with Crippen LogP contribution in [0.15, 0.2) is 51.9 Å². The summed E-state index contributed by atoms with van der Waals surface area (Å²) in [5.74, 6) is 0.859. The third-order valence-corrected chi connectivity index (χ3v) is 4.78. The van der Waals surface area contributed by atoms with Crippen molar-refractivity contribution in [1.29, 1.82) is 0 Å². The summed E-state index contributed by atoms with van der Waals surface area (Å²) < 4.78 is 17.2. The average molecular weight is 366 g/mol. The normalized spacial score (nSPS) is 15.7. The van der Waals surface area contributed by atoms with Gasteiger partial charge in [0.05, 0.1) is 31.7 Å². The minimum atomic E-state index is 0.656. The topological polar surface area (TPSA) is 47.2 Å². The number of fused-ring (bicyclic) bond motifs is 2. The van der Waals surface area contributed by atoms with Crippen LogP contribution in [0.5, 0.6) is 0 Å². The molecule has 0 spiro atoms. The second-order valence-corrected chi connectivity index (χ2v) is 6.78. The van der Waals surface area contributed by atoms with Crippen LogP contribution in [-0.2, 0) is 9.47 Å².